The molecule has 5 atom stereocenters. The lowest BCUT2D eigenvalue weighted by atomic mass is 9.68. The number of ether oxygens (including phenoxy) is 1. The average molecular weight is 402 g/mol. The molecule has 0 unspecified atom stereocenters. The fraction of sp³-hybridized carbons (Fsp3) is 0.409. The topological polar surface area (TPSA) is 38.3 Å². The van der Waals surface area contributed by atoms with E-state index in [1.165, 1.54) is 37.5 Å². The molecule has 2 aliphatic carbocycles. The molecular weight excluding hydrogens is 381 g/mol. The zero-order chi connectivity index (χ0) is 18.7. The molecule has 2 bridgehead atoms. The van der Waals surface area contributed by atoms with Crippen LogP contribution in [-0.2, 0) is 4.74 Å². The summed E-state index contributed by atoms with van der Waals surface area (Å²) < 4.78 is 4.93. The van der Waals surface area contributed by atoms with Crippen LogP contribution in [0.5, 0.6) is 0 Å². The number of carbonyl (C=O) groups excluding carboxylic acids is 1. The second kappa shape index (κ2) is 6.42. The van der Waals surface area contributed by atoms with Gasteiger partial charge in [0.25, 0.3) is 0 Å². The summed E-state index contributed by atoms with van der Waals surface area (Å²) in [4.78, 5) is 12.0. The van der Waals surface area contributed by atoms with Gasteiger partial charge in [0.1, 0.15) is 0 Å². The molecule has 0 amide bonds. The first kappa shape index (κ1) is 17.4. The molecule has 3 aliphatic rings. The zero-order valence-corrected chi connectivity index (χ0v) is 16.6. The van der Waals surface area contributed by atoms with Gasteiger partial charge in [-0.3, -0.25) is 0 Å². The smallest absolute Gasteiger partial charge is 0.337 e. The van der Waals surface area contributed by atoms with Crippen LogP contribution in [0.15, 0.2) is 36.4 Å². The molecule has 140 valence electrons. The standard InChI is InChI=1S/C22H21Cl2NO2/c1-27-22(26)14-5-7-18-15(9-14)19-11-2-3-12(8-11)20(19)21(25-18)13-4-6-16(23)17(24)10-13/h4-7,9-12,19-21,25H,2-3,8H2,1H3/t11-,12-,19-,20-,21-/m0/s1. The summed E-state index contributed by atoms with van der Waals surface area (Å²) in [6.45, 7) is 0. The first-order valence-electron chi connectivity index (χ1n) is 9.50. The van der Waals surface area contributed by atoms with Crippen molar-refractivity contribution in [2.45, 2.75) is 31.2 Å². The molecule has 2 aromatic rings. The van der Waals surface area contributed by atoms with Gasteiger partial charge in [-0.15, -0.1) is 0 Å². The third-order valence-electron chi connectivity index (χ3n) is 6.81. The monoisotopic (exact) mass is 401 g/mol. The van der Waals surface area contributed by atoms with Crippen LogP contribution in [0.25, 0.3) is 0 Å². The van der Waals surface area contributed by atoms with E-state index in [-0.39, 0.29) is 12.0 Å². The first-order chi connectivity index (χ1) is 13.1. The van der Waals surface area contributed by atoms with Crippen LogP contribution in [0.3, 0.4) is 0 Å². The largest absolute Gasteiger partial charge is 0.465 e. The molecule has 0 spiro atoms. The van der Waals surface area contributed by atoms with Gasteiger partial charge in [0.05, 0.1) is 28.8 Å². The SMILES string of the molecule is COC(=O)c1ccc2c(c1)[C@@H]1[C@H]3CC[C@@H](C3)[C@@H]1[C@H](c1ccc(Cl)c(Cl)c1)N2. The maximum atomic E-state index is 12.0. The van der Waals surface area contributed by atoms with Crippen molar-refractivity contribution < 1.29 is 9.53 Å². The molecule has 1 aliphatic heterocycles. The van der Waals surface area contributed by atoms with Gasteiger partial charge in [-0.1, -0.05) is 29.3 Å². The van der Waals surface area contributed by atoms with E-state index in [0.717, 1.165) is 5.69 Å². The minimum Gasteiger partial charge on any atom is -0.465 e. The summed E-state index contributed by atoms with van der Waals surface area (Å²) in [5, 5.41) is 4.93. The normalized spacial score (nSPS) is 30.4. The zero-order valence-electron chi connectivity index (χ0n) is 15.0. The molecule has 5 heteroatoms. The summed E-state index contributed by atoms with van der Waals surface area (Å²) in [6, 6.07) is 12.1. The molecule has 1 heterocycles. The predicted molar refractivity (Wildman–Crippen MR) is 108 cm³/mol. The van der Waals surface area contributed by atoms with Crippen LogP contribution in [0.4, 0.5) is 5.69 Å². The number of nitrogens with one attached hydrogen (secondary N) is 1. The third kappa shape index (κ3) is 2.67. The van der Waals surface area contributed by atoms with Crippen LogP contribution in [-0.4, -0.2) is 13.1 Å². The number of benzene rings is 2. The summed E-state index contributed by atoms with van der Waals surface area (Å²) >= 11 is 12.5. The van der Waals surface area contributed by atoms with Crippen molar-refractivity contribution in [1.82, 2.24) is 0 Å². The van der Waals surface area contributed by atoms with Crippen molar-refractivity contribution in [3.8, 4) is 0 Å². The van der Waals surface area contributed by atoms with Crippen molar-refractivity contribution in [2.75, 3.05) is 12.4 Å². The van der Waals surface area contributed by atoms with Gasteiger partial charge in [0, 0.05) is 5.69 Å². The van der Waals surface area contributed by atoms with Crippen LogP contribution in [0.1, 0.15) is 52.7 Å². The van der Waals surface area contributed by atoms with Crippen molar-refractivity contribution in [1.29, 1.82) is 0 Å². The van der Waals surface area contributed by atoms with Crippen LogP contribution < -0.4 is 5.32 Å². The molecule has 3 nitrogen and oxygen atoms in total. The highest BCUT2D eigenvalue weighted by atomic mass is 35.5. The van der Waals surface area contributed by atoms with Gasteiger partial charge in [-0.25, -0.2) is 4.79 Å². The molecule has 5 rings (SSSR count). The Balaban J connectivity index is 1.61. The number of fused-ring (bicyclic) bond motifs is 7. The van der Waals surface area contributed by atoms with E-state index in [0.29, 0.717) is 39.3 Å². The van der Waals surface area contributed by atoms with Gasteiger partial charge < -0.3 is 10.1 Å². The maximum Gasteiger partial charge on any atom is 0.337 e. The molecule has 0 saturated heterocycles. The van der Waals surface area contributed by atoms with Crippen LogP contribution >= 0.6 is 23.2 Å². The van der Waals surface area contributed by atoms with Crippen molar-refractivity contribution in [3.63, 3.8) is 0 Å². The Kier molecular flexibility index (Phi) is 4.14. The van der Waals surface area contributed by atoms with Gasteiger partial charge in [-0.2, -0.15) is 0 Å². The average Bonchev–Trinajstić information content (AvgIpc) is 3.31. The fourth-order valence-electron chi connectivity index (χ4n) is 5.77. The quantitative estimate of drug-likeness (QED) is 0.619. The van der Waals surface area contributed by atoms with E-state index in [9.17, 15) is 4.79 Å². The van der Waals surface area contributed by atoms with E-state index in [1.807, 2.05) is 30.3 Å². The van der Waals surface area contributed by atoms with Crippen LogP contribution in [0.2, 0.25) is 10.0 Å². The number of methoxy groups -OCH3 is 1. The minimum absolute atomic E-state index is 0.219. The first-order valence-corrected chi connectivity index (χ1v) is 10.3. The van der Waals surface area contributed by atoms with E-state index < -0.39 is 0 Å². The number of hydrogen-bond donors (Lipinski definition) is 1. The Labute approximate surface area is 169 Å². The van der Waals surface area contributed by atoms with E-state index >= 15 is 0 Å². The second-order valence-corrected chi connectivity index (χ2v) is 8.84. The molecule has 0 aromatic heterocycles. The Morgan fingerprint density at radius 1 is 1.07 bits per heavy atom. The highest BCUT2D eigenvalue weighted by molar-refractivity contribution is 6.42. The Bertz CT molecular complexity index is 929. The molecule has 0 radical (unpaired) electrons. The molecule has 2 aromatic carbocycles. The summed E-state index contributed by atoms with van der Waals surface area (Å²) in [5.41, 5.74) is 4.21. The number of esters is 1. The van der Waals surface area contributed by atoms with Gasteiger partial charge in [0.15, 0.2) is 0 Å². The fourth-order valence-corrected chi connectivity index (χ4v) is 6.07. The Morgan fingerprint density at radius 2 is 1.89 bits per heavy atom. The highest BCUT2D eigenvalue weighted by Crippen LogP contribution is 2.63. The number of halogens is 2. The number of carbonyl (C=O) groups is 1. The third-order valence-corrected chi connectivity index (χ3v) is 7.55. The molecular formula is C22H21Cl2NO2. The number of rotatable bonds is 2. The molecule has 2 saturated carbocycles. The van der Waals surface area contributed by atoms with Gasteiger partial charge in [-0.05, 0) is 84.4 Å². The summed E-state index contributed by atoms with van der Waals surface area (Å²) in [6.07, 6.45) is 3.84. The second-order valence-electron chi connectivity index (χ2n) is 8.03. The lowest BCUT2D eigenvalue weighted by Crippen LogP contribution is -2.35. The lowest BCUT2D eigenvalue weighted by Gasteiger charge is -2.43. The van der Waals surface area contributed by atoms with Crippen molar-refractivity contribution in [3.05, 3.63) is 63.1 Å². The van der Waals surface area contributed by atoms with E-state index in [2.05, 4.69) is 11.4 Å². The maximum absolute atomic E-state index is 12.0. The van der Waals surface area contributed by atoms with Crippen molar-refractivity contribution >= 4 is 34.9 Å². The Hall–Kier alpha value is -1.71. The lowest BCUT2D eigenvalue weighted by molar-refractivity contribution is 0.0600. The summed E-state index contributed by atoms with van der Waals surface area (Å²) in [5.74, 6) is 2.12. The van der Waals surface area contributed by atoms with Gasteiger partial charge >= 0.3 is 5.97 Å². The van der Waals surface area contributed by atoms with Crippen molar-refractivity contribution in [2.24, 2.45) is 17.8 Å². The molecule has 1 N–H and O–H groups in total. The van der Waals surface area contributed by atoms with Crippen LogP contribution in [0, 0.1) is 17.8 Å². The number of anilines is 1. The summed E-state index contributed by atoms with van der Waals surface area (Å²) in [7, 11) is 1.43. The predicted octanol–water partition coefficient (Wildman–Crippen LogP) is 6.08. The van der Waals surface area contributed by atoms with Gasteiger partial charge in [0.2, 0.25) is 0 Å². The van der Waals surface area contributed by atoms with E-state index in [1.54, 1.807) is 0 Å². The molecule has 27 heavy (non-hydrogen) atoms. The van der Waals surface area contributed by atoms with E-state index in [4.69, 9.17) is 27.9 Å². The Morgan fingerprint density at radius 3 is 2.67 bits per heavy atom. The molecule has 2 fully saturated rings. The highest BCUT2D eigenvalue weighted by Gasteiger charge is 2.53. The number of hydrogen-bond acceptors (Lipinski definition) is 3. The minimum atomic E-state index is -0.274.